The number of halogens is 1. The van der Waals surface area contributed by atoms with Gasteiger partial charge in [-0.1, -0.05) is 0 Å². The number of benzene rings is 1. The summed E-state index contributed by atoms with van der Waals surface area (Å²) in [6, 6.07) is 9.40. The minimum Gasteiger partial charge on any atom is -0.494 e. The van der Waals surface area contributed by atoms with Crippen molar-refractivity contribution in [3.05, 3.63) is 47.5 Å². The van der Waals surface area contributed by atoms with Gasteiger partial charge in [0.05, 0.1) is 30.3 Å². The number of hydrogen-bond acceptors (Lipinski definition) is 3. The van der Waals surface area contributed by atoms with E-state index >= 15 is 0 Å². The Kier molecular flexibility index (Phi) is 5.85. The van der Waals surface area contributed by atoms with Gasteiger partial charge < -0.3 is 9.72 Å². The van der Waals surface area contributed by atoms with Crippen LogP contribution >= 0.6 is 12.4 Å². The van der Waals surface area contributed by atoms with Gasteiger partial charge in [-0.05, 0) is 62.3 Å². The average molecular weight is 318 g/mol. The molecule has 3 rings (SSSR count). The number of rotatable bonds is 5. The molecule has 1 atom stereocenters. The van der Waals surface area contributed by atoms with Gasteiger partial charge in [-0.15, -0.1) is 12.4 Å². The molecule has 0 saturated heterocycles. The maximum atomic E-state index is 8.74. The normalized spacial score (nSPS) is 16.2. The fourth-order valence-electron chi connectivity index (χ4n) is 2.91. The quantitative estimate of drug-likeness (QED) is 0.856. The Hall–Kier alpha value is -1.99. The third kappa shape index (κ3) is 4.02. The molecule has 1 aromatic heterocycles. The number of fused-ring (bicyclic) bond motifs is 1. The topological polar surface area (TPSA) is 61.7 Å². The van der Waals surface area contributed by atoms with Crippen LogP contribution in [0.5, 0.6) is 5.75 Å². The van der Waals surface area contributed by atoms with Crippen molar-refractivity contribution in [3.8, 4) is 11.8 Å². The van der Waals surface area contributed by atoms with E-state index in [1.165, 1.54) is 24.2 Å². The predicted molar refractivity (Wildman–Crippen MR) is 87.2 cm³/mol. The minimum absolute atomic E-state index is 0. The Morgan fingerprint density at radius 2 is 2.14 bits per heavy atom. The second-order valence-corrected chi connectivity index (χ2v) is 5.56. The fraction of sp³-hybridized carbons (Fsp3) is 0.412. The third-order valence-electron chi connectivity index (χ3n) is 4.10. The first-order valence-corrected chi connectivity index (χ1v) is 7.49. The molecule has 0 spiro atoms. The second-order valence-electron chi connectivity index (χ2n) is 5.56. The van der Waals surface area contributed by atoms with E-state index < -0.39 is 0 Å². The number of nitriles is 1. The van der Waals surface area contributed by atoms with Crippen molar-refractivity contribution < 1.29 is 4.74 Å². The highest BCUT2D eigenvalue weighted by molar-refractivity contribution is 5.85. The number of imidazole rings is 1. The molecule has 1 N–H and O–H groups in total. The van der Waals surface area contributed by atoms with Crippen LogP contribution in [-0.4, -0.2) is 16.6 Å². The zero-order chi connectivity index (χ0) is 14.5. The van der Waals surface area contributed by atoms with E-state index in [4.69, 9.17) is 10.00 Å². The average Bonchev–Trinajstić information content (AvgIpc) is 3.00. The molecule has 0 saturated carbocycles. The van der Waals surface area contributed by atoms with Gasteiger partial charge in [0.1, 0.15) is 5.75 Å². The summed E-state index contributed by atoms with van der Waals surface area (Å²) in [6.07, 6.45) is 7.50. The number of H-pyrrole nitrogens is 1. The van der Waals surface area contributed by atoms with Gasteiger partial charge in [0.2, 0.25) is 0 Å². The number of aromatic amines is 1. The zero-order valence-corrected chi connectivity index (χ0v) is 13.2. The molecule has 1 aliphatic carbocycles. The van der Waals surface area contributed by atoms with Gasteiger partial charge in [0.15, 0.2) is 0 Å². The molecule has 0 radical (unpaired) electrons. The monoisotopic (exact) mass is 317 g/mol. The summed E-state index contributed by atoms with van der Waals surface area (Å²) in [6.45, 7) is 0.734. The Balaban J connectivity index is 0.00000176. The highest BCUT2D eigenvalue weighted by Crippen LogP contribution is 2.26. The molecule has 0 amide bonds. The van der Waals surface area contributed by atoms with Gasteiger partial charge >= 0.3 is 0 Å². The number of nitrogens with zero attached hydrogens (tertiary/aromatic N) is 2. The van der Waals surface area contributed by atoms with Gasteiger partial charge in [0.25, 0.3) is 0 Å². The Morgan fingerprint density at radius 3 is 2.91 bits per heavy atom. The smallest absolute Gasteiger partial charge is 0.119 e. The maximum absolute atomic E-state index is 8.74. The van der Waals surface area contributed by atoms with Crippen molar-refractivity contribution in [2.24, 2.45) is 5.92 Å². The number of nitrogens with one attached hydrogen (secondary N) is 1. The van der Waals surface area contributed by atoms with Crippen molar-refractivity contribution in [2.45, 2.75) is 32.1 Å². The second kappa shape index (κ2) is 7.86. The summed E-state index contributed by atoms with van der Waals surface area (Å²) in [7, 11) is 0. The van der Waals surface area contributed by atoms with Crippen LogP contribution in [0.1, 0.15) is 36.2 Å². The van der Waals surface area contributed by atoms with E-state index in [1.54, 1.807) is 18.5 Å². The van der Waals surface area contributed by atoms with Gasteiger partial charge in [-0.25, -0.2) is 4.98 Å². The molecule has 1 heterocycles. The lowest BCUT2D eigenvalue weighted by molar-refractivity contribution is 0.285. The lowest BCUT2D eigenvalue weighted by atomic mass is 9.87. The Morgan fingerprint density at radius 1 is 1.32 bits per heavy atom. The van der Waals surface area contributed by atoms with Crippen LogP contribution in [-0.2, 0) is 12.8 Å². The molecule has 0 bridgehead atoms. The van der Waals surface area contributed by atoms with Gasteiger partial charge in [-0.2, -0.15) is 5.26 Å². The molecule has 2 aromatic rings. The maximum Gasteiger partial charge on any atom is 0.119 e. The van der Waals surface area contributed by atoms with Crippen molar-refractivity contribution in [3.63, 3.8) is 0 Å². The van der Waals surface area contributed by atoms with Gasteiger partial charge in [0, 0.05) is 5.69 Å². The van der Waals surface area contributed by atoms with E-state index in [-0.39, 0.29) is 12.4 Å². The largest absolute Gasteiger partial charge is 0.494 e. The zero-order valence-electron chi connectivity index (χ0n) is 12.4. The number of aromatic nitrogens is 2. The van der Waals surface area contributed by atoms with Crippen LogP contribution < -0.4 is 4.74 Å². The molecule has 116 valence electrons. The number of ether oxygens (including phenoxy) is 1. The summed E-state index contributed by atoms with van der Waals surface area (Å²) >= 11 is 0. The summed E-state index contributed by atoms with van der Waals surface area (Å²) in [5.74, 6) is 1.58. The van der Waals surface area contributed by atoms with E-state index in [2.05, 4.69) is 16.0 Å². The van der Waals surface area contributed by atoms with E-state index in [9.17, 15) is 0 Å². The van der Waals surface area contributed by atoms with E-state index in [1.807, 2.05) is 12.1 Å². The molecule has 22 heavy (non-hydrogen) atoms. The molecule has 0 aliphatic heterocycles. The lowest BCUT2D eigenvalue weighted by Crippen LogP contribution is -2.15. The first-order chi connectivity index (χ1) is 10.3. The molecule has 1 unspecified atom stereocenters. The fourth-order valence-corrected chi connectivity index (χ4v) is 2.91. The molecule has 4 nitrogen and oxygen atoms in total. The van der Waals surface area contributed by atoms with Crippen molar-refractivity contribution in [1.29, 1.82) is 5.26 Å². The van der Waals surface area contributed by atoms with E-state index in [0.29, 0.717) is 5.56 Å². The Labute approximate surface area is 136 Å². The first-order valence-electron chi connectivity index (χ1n) is 7.49. The molecule has 1 aliphatic rings. The van der Waals surface area contributed by atoms with Crippen LogP contribution in [0.4, 0.5) is 0 Å². The highest BCUT2D eigenvalue weighted by atomic mass is 35.5. The Bertz CT molecular complexity index is 630. The van der Waals surface area contributed by atoms with Crippen molar-refractivity contribution in [2.75, 3.05) is 6.61 Å². The highest BCUT2D eigenvalue weighted by Gasteiger charge is 2.19. The van der Waals surface area contributed by atoms with Crippen LogP contribution in [0, 0.1) is 17.2 Å². The molecule has 5 heteroatoms. The van der Waals surface area contributed by atoms with Crippen LogP contribution in [0.2, 0.25) is 0 Å². The molecular weight excluding hydrogens is 298 g/mol. The third-order valence-corrected chi connectivity index (χ3v) is 4.10. The minimum atomic E-state index is 0. The summed E-state index contributed by atoms with van der Waals surface area (Å²) in [5, 5.41) is 8.74. The van der Waals surface area contributed by atoms with Crippen LogP contribution in [0.15, 0.2) is 30.6 Å². The number of aryl methyl sites for hydroxylation is 1. The standard InChI is InChI=1S/C17H19N3O.ClH/c18-11-14-3-6-15(7-4-14)21-9-1-2-13-5-8-16-17(10-13)20-12-19-16;/h3-4,6-7,12-13H,1-2,5,8-10H2,(H,19,20);1H. The molecule has 0 fully saturated rings. The van der Waals surface area contributed by atoms with Crippen molar-refractivity contribution in [1.82, 2.24) is 9.97 Å². The summed E-state index contributed by atoms with van der Waals surface area (Å²) in [5.41, 5.74) is 3.24. The predicted octanol–water partition coefficient (Wildman–Crippen LogP) is 3.67. The van der Waals surface area contributed by atoms with Gasteiger partial charge in [-0.3, -0.25) is 0 Å². The SMILES string of the molecule is Cl.N#Cc1ccc(OCCCC2CCc3nc[nH]c3C2)cc1. The molecule has 1 aromatic carbocycles. The summed E-state index contributed by atoms with van der Waals surface area (Å²) in [4.78, 5) is 7.58. The molecular formula is C17H20ClN3O. The van der Waals surface area contributed by atoms with E-state index in [0.717, 1.165) is 37.5 Å². The number of hydrogen-bond donors (Lipinski definition) is 1. The lowest BCUT2D eigenvalue weighted by Gasteiger charge is -2.21. The van der Waals surface area contributed by atoms with Crippen molar-refractivity contribution >= 4 is 12.4 Å². The van der Waals surface area contributed by atoms with Crippen LogP contribution in [0.3, 0.4) is 0 Å². The van der Waals surface area contributed by atoms with Crippen LogP contribution in [0.25, 0.3) is 0 Å². The first kappa shape index (κ1) is 16.4. The summed E-state index contributed by atoms with van der Waals surface area (Å²) < 4.78 is 5.72.